The van der Waals surface area contributed by atoms with Crippen LogP contribution in [0.3, 0.4) is 0 Å². The van der Waals surface area contributed by atoms with Crippen LogP contribution in [0.1, 0.15) is 58.1 Å². The van der Waals surface area contributed by atoms with Crippen LogP contribution in [0.15, 0.2) is 42.5 Å². The van der Waals surface area contributed by atoms with Crippen molar-refractivity contribution in [3.63, 3.8) is 0 Å². The summed E-state index contributed by atoms with van der Waals surface area (Å²) in [5, 5.41) is 3.77. The fraction of sp³-hybridized carbons (Fsp3) is 0.481. The highest BCUT2D eigenvalue weighted by atomic mass is 35.5. The van der Waals surface area contributed by atoms with E-state index in [2.05, 4.69) is 5.32 Å². The molecule has 204 valence electrons. The quantitative estimate of drug-likeness (QED) is 0.348. The number of amides is 2. The van der Waals surface area contributed by atoms with Gasteiger partial charge in [-0.1, -0.05) is 55.2 Å². The smallest absolute Gasteiger partial charge is 0.243 e. The van der Waals surface area contributed by atoms with Gasteiger partial charge in [-0.2, -0.15) is 0 Å². The molecular weight excluding hydrogens is 533 g/mol. The second-order valence-electron chi connectivity index (χ2n) is 9.30. The van der Waals surface area contributed by atoms with Gasteiger partial charge in [-0.05, 0) is 68.5 Å². The maximum Gasteiger partial charge on any atom is 0.243 e. The zero-order chi connectivity index (χ0) is 27.8. The van der Waals surface area contributed by atoms with E-state index in [1.165, 1.54) is 9.21 Å². The predicted molar refractivity (Wildman–Crippen MR) is 152 cm³/mol. The third-order valence-corrected chi connectivity index (χ3v) is 7.74. The first-order valence-electron chi connectivity index (χ1n) is 12.5. The van der Waals surface area contributed by atoms with E-state index >= 15 is 0 Å². The molecule has 0 aromatic heterocycles. The Morgan fingerprint density at radius 2 is 1.68 bits per heavy atom. The van der Waals surface area contributed by atoms with Crippen LogP contribution in [0, 0.1) is 0 Å². The molecule has 0 fully saturated rings. The van der Waals surface area contributed by atoms with Gasteiger partial charge in [-0.25, -0.2) is 8.42 Å². The molecule has 0 aliphatic carbocycles. The molecule has 10 heteroatoms. The Morgan fingerprint density at radius 3 is 2.19 bits per heavy atom. The minimum Gasteiger partial charge on any atom is -0.352 e. The lowest BCUT2D eigenvalue weighted by molar-refractivity contribution is -0.141. The first kappa shape index (κ1) is 30.9. The van der Waals surface area contributed by atoms with Gasteiger partial charge in [-0.3, -0.25) is 13.9 Å². The van der Waals surface area contributed by atoms with E-state index in [4.69, 9.17) is 23.2 Å². The molecule has 2 aromatic rings. The predicted octanol–water partition coefficient (Wildman–Crippen LogP) is 5.43. The average molecular weight is 571 g/mol. The van der Waals surface area contributed by atoms with Gasteiger partial charge in [0.25, 0.3) is 0 Å². The van der Waals surface area contributed by atoms with Gasteiger partial charge in [0, 0.05) is 35.6 Å². The molecule has 0 heterocycles. The highest BCUT2D eigenvalue weighted by Gasteiger charge is 2.29. The Morgan fingerprint density at radius 1 is 1.03 bits per heavy atom. The topological polar surface area (TPSA) is 86.8 Å². The van der Waals surface area contributed by atoms with Crippen LogP contribution in [0.25, 0.3) is 0 Å². The maximum atomic E-state index is 13.5. The van der Waals surface area contributed by atoms with Crippen LogP contribution in [-0.4, -0.2) is 50.0 Å². The average Bonchev–Trinajstić information content (AvgIpc) is 2.81. The summed E-state index contributed by atoms with van der Waals surface area (Å²) < 4.78 is 26.3. The molecule has 0 saturated heterocycles. The van der Waals surface area contributed by atoms with Crippen LogP contribution in [0.2, 0.25) is 10.0 Å². The van der Waals surface area contributed by atoms with Gasteiger partial charge in [0.05, 0.1) is 11.9 Å². The van der Waals surface area contributed by atoms with Crippen molar-refractivity contribution in [2.75, 3.05) is 17.1 Å². The summed E-state index contributed by atoms with van der Waals surface area (Å²) in [6, 6.07) is 11.6. The molecule has 0 bridgehead atoms. The van der Waals surface area contributed by atoms with Gasteiger partial charge >= 0.3 is 0 Å². The van der Waals surface area contributed by atoms with E-state index in [0.717, 1.165) is 18.2 Å². The number of carbonyl (C=O) groups excluding carboxylic acids is 2. The van der Waals surface area contributed by atoms with E-state index in [0.29, 0.717) is 27.7 Å². The summed E-state index contributed by atoms with van der Waals surface area (Å²) in [6.07, 6.45) is 2.77. The number of nitrogens with one attached hydrogen (secondary N) is 1. The molecule has 0 aliphatic heterocycles. The van der Waals surface area contributed by atoms with Gasteiger partial charge in [0.15, 0.2) is 0 Å². The first-order valence-corrected chi connectivity index (χ1v) is 15.1. The van der Waals surface area contributed by atoms with Crippen molar-refractivity contribution in [2.24, 2.45) is 0 Å². The zero-order valence-corrected chi connectivity index (χ0v) is 24.5. The molecule has 2 aromatic carbocycles. The van der Waals surface area contributed by atoms with Crippen molar-refractivity contribution in [1.82, 2.24) is 10.2 Å². The lowest BCUT2D eigenvalue weighted by atomic mass is 10.1. The van der Waals surface area contributed by atoms with Crippen LogP contribution in [0.4, 0.5) is 5.69 Å². The minimum atomic E-state index is -3.55. The molecule has 2 amide bonds. The van der Waals surface area contributed by atoms with E-state index in [9.17, 15) is 18.0 Å². The number of anilines is 1. The number of nitrogens with zero attached hydrogens (tertiary/aromatic N) is 2. The molecule has 1 N–H and O–H groups in total. The normalized spacial score (nSPS) is 12.3. The molecule has 1 atom stereocenters. The fourth-order valence-electron chi connectivity index (χ4n) is 4.04. The van der Waals surface area contributed by atoms with Gasteiger partial charge in [-0.15, -0.1) is 0 Å². The number of aryl methyl sites for hydroxylation is 1. The fourth-order valence-corrected chi connectivity index (χ4v) is 5.47. The third kappa shape index (κ3) is 9.20. The largest absolute Gasteiger partial charge is 0.352 e. The van der Waals surface area contributed by atoms with E-state index < -0.39 is 16.1 Å². The standard InChI is InChI=1S/C27H37Cl2N3O4S/c1-6-20-10-14-23(15-11-20)32(37(5,35)36)16-8-9-26(33)31(25(7-2)27(34)30-19(3)4)18-21-12-13-22(28)17-24(21)29/h10-15,17,19,25H,6-9,16,18H2,1-5H3,(H,30,34)/t25-/m0/s1. The number of hydrogen-bond acceptors (Lipinski definition) is 4. The van der Waals surface area contributed by atoms with Gasteiger partial charge in [0.2, 0.25) is 21.8 Å². The highest BCUT2D eigenvalue weighted by molar-refractivity contribution is 7.92. The highest BCUT2D eigenvalue weighted by Crippen LogP contribution is 2.25. The summed E-state index contributed by atoms with van der Waals surface area (Å²) in [5.41, 5.74) is 2.33. The molecular formula is C27H37Cl2N3O4S. The van der Waals surface area contributed by atoms with Crippen molar-refractivity contribution >= 4 is 50.7 Å². The van der Waals surface area contributed by atoms with Crippen LogP contribution in [0.5, 0.6) is 0 Å². The van der Waals surface area contributed by atoms with Gasteiger partial charge < -0.3 is 10.2 Å². The number of halogens is 2. The summed E-state index contributed by atoms with van der Waals surface area (Å²) in [7, 11) is -3.55. The van der Waals surface area contributed by atoms with Crippen molar-refractivity contribution in [1.29, 1.82) is 0 Å². The number of rotatable bonds is 13. The summed E-state index contributed by atoms with van der Waals surface area (Å²) >= 11 is 12.4. The molecule has 2 rings (SSSR count). The lowest BCUT2D eigenvalue weighted by Gasteiger charge is -2.32. The Balaban J connectivity index is 2.24. The lowest BCUT2D eigenvalue weighted by Crippen LogP contribution is -2.50. The second kappa shape index (κ2) is 14.0. The van der Waals surface area contributed by atoms with Gasteiger partial charge in [0.1, 0.15) is 6.04 Å². The van der Waals surface area contributed by atoms with Crippen molar-refractivity contribution < 1.29 is 18.0 Å². The number of benzene rings is 2. The Bertz CT molecular complexity index is 1170. The van der Waals surface area contributed by atoms with E-state index in [1.54, 1.807) is 30.3 Å². The molecule has 37 heavy (non-hydrogen) atoms. The minimum absolute atomic E-state index is 0.0652. The maximum absolute atomic E-state index is 13.5. The Hall–Kier alpha value is -2.29. The summed E-state index contributed by atoms with van der Waals surface area (Å²) in [5.74, 6) is -0.503. The molecule has 0 unspecified atom stereocenters. The van der Waals surface area contributed by atoms with Crippen LogP contribution < -0.4 is 9.62 Å². The van der Waals surface area contributed by atoms with E-state index in [-0.39, 0.29) is 43.8 Å². The number of carbonyl (C=O) groups is 2. The van der Waals surface area contributed by atoms with Crippen molar-refractivity contribution in [2.45, 2.75) is 72.0 Å². The molecule has 0 saturated carbocycles. The van der Waals surface area contributed by atoms with Crippen molar-refractivity contribution in [3.8, 4) is 0 Å². The van der Waals surface area contributed by atoms with Crippen LogP contribution in [-0.2, 0) is 32.6 Å². The molecule has 7 nitrogen and oxygen atoms in total. The monoisotopic (exact) mass is 569 g/mol. The summed E-state index contributed by atoms with van der Waals surface area (Å²) in [6.45, 7) is 7.87. The Labute approximate surface area is 231 Å². The SMILES string of the molecule is CCc1ccc(N(CCCC(=O)N(Cc2ccc(Cl)cc2Cl)[C@@H](CC)C(=O)NC(C)C)S(C)(=O)=O)cc1. The van der Waals surface area contributed by atoms with Crippen LogP contribution >= 0.6 is 23.2 Å². The molecule has 0 aliphatic rings. The number of hydrogen-bond donors (Lipinski definition) is 1. The second-order valence-corrected chi connectivity index (χ2v) is 12.1. The summed E-state index contributed by atoms with van der Waals surface area (Å²) in [4.78, 5) is 28.0. The van der Waals surface area contributed by atoms with E-state index in [1.807, 2.05) is 39.8 Å². The number of sulfonamides is 1. The Kier molecular flexibility index (Phi) is 11.7. The zero-order valence-electron chi connectivity index (χ0n) is 22.1. The third-order valence-electron chi connectivity index (χ3n) is 5.96. The molecule has 0 spiro atoms. The first-order chi connectivity index (χ1) is 17.4. The molecule has 0 radical (unpaired) electrons. The van der Waals surface area contributed by atoms with Crippen molar-refractivity contribution in [3.05, 3.63) is 63.6 Å².